The van der Waals surface area contributed by atoms with E-state index in [0.717, 1.165) is 40.8 Å². The molecule has 0 saturated heterocycles. The Morgan fingerprint density at radius 1 is 1.21 bits per heavy atom. The molecule has 0 aliphatic heterocycles. The van der Waals surface area contributed by atoms with E-state index in [9.17, 15) is 4.79 Å². The van der Waals surface area contributed by atoms with E-state index in [-0.39, 0.29) is 5.96 Å². The topological polar surface area (TPSA) is 87.1 Å². The Hall–Kier alpha value is -3.41. The van der Waals surface area contributed by atoms with Crippen molar-refractivity contribution in [2.45, 2.75) is 26.7 Å². The Bertz CT molecular complexity index is 1000. The highest BCUT2D eigenvalue weighted by Gasteiger charge is 2.10. The molecule has 1 aromatic heterocycles. The van der Waals surface area contributed by atoms with Crippen LogP contribution in [0.1, 0.15) is 26.7 Å². The van der Waals surface area contributed by atoms with Crippen molar-refractivity contribution in [3.63, 3.8) is 0 Å². The predicted octanol–water partition coefficient (Wildman–Crippen LogP) is 4.81. The van der Waals surface area contributed by atoms with Gasteiger partial charge in [-0.25, -0.2) is 4.98 Å². The number of hydrogen-bond donors (Lipinski definition) is 3. The van der Waals surface area contributed by atoms with Crippen molar-refractivity contribution >= 4 is 29.0 Å². The molecule has 1 unspecified atom stereocenters. The number of benzene rings is 2. The number of carbonyl (C=O) groups excluding carboxylic acids is 1. The van der Waals surface area contributed by atoms with E-state index in [2.05, 4.69) is 24.5 Å². The Labute approximate surface area is 170 Å². The van der Waals surface area contributed by atoms with Crippen molar-refractivity contribution in [3.8, 4) is 17.0 Å². The van der Waals surface area contributed by atoms with Crippen LogP contribution in [0.3, 0.4) is 0 Å². The normalized spacial score (nSPS) is 11.7. The highest BCUT2D eigenvalue weighted by Crippen LogP contribution is 2.30. The van der Waals surface area contributed by atoms with E-state index in [0.29, 0.717) is 24.6 Å². The van der Waals surface area contributed by atoms with Gasteiger partial charge in [0.05, 0.1) is 23.5 Å². The Kier molecular flexibility index (Phi) is 6.79. The molecule has 1 heterocycles. The fourth-order valence-electron chi connectivity index (χ4n) is 3.22. The van der Waals surface area contributed by atoms with Crippen LogP contribution in [0, 0.1) is 11.3 Å². The molecule has 3 N–H and O–H groups in total. The van der Waals surface area contributed by atoms with Crippen molar-refractivity contribution < 1.29 is 9.53 Å². The predicted molar refractivity (Wildman–Crippen MR) is 117 cm³/mol. The van der Waals surface area contributed by atoms with Crippen molar-refractivity contribution in [2.24, 2.45) is 5.92 Å². The molecule has 1 atom stereocenters. The van der Waals surface area contributed by atoms with Crippen LogP contribution in [-0.4, -0.2) is 24.0 Å². The molecule has 0 fully saturated rings. The first-order valence-electron chi connectivity index (χ1n) is 9.79. The first-order valence-corrected chi connectivity index (χ1v) is 9.79. The molecular formula is C23H26N4O2. The lowest BCUT2D eigenvalue weighted by molar-refractivity contribution is -0.108. The number of pyridine rings is 1. The molecule has 6 nitrogen and oxygen atoms in total. The number of nitrogens with one attached hydrogen (secondary N) is 3. The quantitative estimate of drug-likeness (QED) is 0.293. The number of aromatic nitrogens is 1. The fraction of sp³-hybridized carbons (Fsp3) is 0.261. The Morgan fingerprint density at radius 3 is 2.83 bits per heavy atom. The number of rotatable bonds is 8. The molecule has 0 aliphatic rings. The van der Waals surface area contributed by atoms with Gasteiger partial charge < -0.3 is 10.1 Å². The zero-order chi connectivity index (χ0) is 20.6. The number of amides is 1. The van der Waals surface area contributed by atoms with Gasteiger partial charge in [0.1, 0.15) is 5.75 Å². The molecule has 1 amide bonds. The third-order valence-electron chi connectivity index (χ3n) is 4.62. The Morgan fingerprint density at radius 2 is 2.03 bits per heavy atom. The molecule has 0 aliphatic carbocycles. The monoisotopic (exact) mass is 390 g/mol. The standard InChI is InChI=1S/C23H26N4O2/c1-3-7-16(2)14-29-18-9-6-8-17(12-18)21-13-22(27-23(24)25-15-28)19-10-4-5-11-20(19)26-21/h4-6,8-13,15-16H,3,7,14H2,1-2H3,(H3,24,25,26,27,28). The number of fused-ring (bicyclic) bond motifs is 1. The second-order valence-electron chi connectivity index (χ2n) is 7.07. The van der Waals surface area contributed by atoms with Crippen molar-refractivity contribution in [1.82, 2.24) is 10.3 Å². The molecule has 0 bridgehead atoms. The van der Waals surface area contributed by atoms with Gasteiger partial charge in [-0.2, -0.15) is 0 Å². The summed E-state index contributed by atoms with van der Waals surface area (Å²) in [4.78, 5) is 15.4. The van der Waals surface area contributed by atoms with Crippen LogP contribution in [-0.2, 0) is 4.79 Å². The van der Waals surface area contributed by atoms with E-state index in [4.69, 9.17) is 15.1 Å². The Balaban J connectivity index is 1.92. The van der Waals surface area contributed by atoms with E-state index in [1.807, 2.05) is 54.6 Å². The first kappa shape index (κ1) is 20.3. The molecule has 3 aromatic rings. The molecule has 0 spiro atoms. The summed E-state index contributed by atoms with van der Waals surface area (Å²) in [6.07, 6.45) is 2.76. The number of guanidine groups is 1. The zero-order valence-corrected chi connectivity index (χ0v) is 16.7. The second-order valence-corrected chi connectivity index (χ2v) is 7.07. The van der Waals surface area contributed by atoms with E-state index < -0.39 is 0 Å². The number of nitrogens with zero attached hydrogens (tertiary/aromatic N) is 1. The summed E-state index contributed by atoms with van der Waals surface area (Å²) in [5.41, 5.74) is 3.19. The summed E-state index contributed by atoms with van der Waals surface area (Å²) in [7, 11) is 0. The SMILES string of the molecule is CCCC(C)COc1cccc(-c2cc(NC(=N)NC=O)c3ccccc3n2)c1. The number of anilines is 1. The number of para-hydroxylation sites is 1. The van der Waals surface area contributed by atoms with Crippen molar-refractivity contribution in [1.29, 1.82) is 5.41 Å². The van der Waals surface area contributed by atoms with Crippen LogP contribution in [0.2, 0.25) is 0 Å². The number of ether oxygens (including phenoxy) is 1. The lowest BCUT2D eigenvalue weighted by Crippen LogP contribution is -2.28. The molecule has 150 valence electrons. The number of hydrogen-bond acceptors (Lipinski definition) is 4. The van der Waals surface area contributed by atoms with Gasteiger partial charge in [-0.05, 0) is 36.6 Å². The maximum Gasteiger partial charge on any atom is 0.213 e. The molecular weight excluding hydrogens is 364 g/mol. The van der Waals surface area contributed by atoms with E-state index in [1.54, 1.807) is 0 Å². The van der Waals surface area contributed by atoms with Crippen LogP contribution in [0.5, 0.6) is 5.75 Å². The molecule has 29 heavy (non-hydrogen) atoms. The van der Waals surface area contributed by atoms with Gasteiger partial charge in [0.25, 0.3) is 0 Å². The van der Waals surface area contributed by atoms with Crippen LogP contribution in [0.4, 0.5) is 5.69 Å². The minimum absolute atomic E-state index is 0.0932. The largest absolute Gasteiger partial charge is 0.493 e. The average molecular weight is 390 g/mol. The van der Waals surface area contributed by atoms with Crippen LogP contribution in [0.25, 0.3) is 22.2 Å². The van der Waals surface area contributed by atoms with Crippen LogP contribution < -0.4 is 15.4 Å². The summed E-state index contributed by atoms with van der Waals surface area (Å²) in [5, 5.41) is 14.0. The van der Waals surface area contributed by atoms with Gasteiger partial charge >= 0.3 is 0 Å². The summed E-state index contributed by atoms with van der Waals surface area (Å²) in [6, 6.07) is 17.4. The van der Waals surface area contributed by atoms with Gasteiger partial charge in [0.15, 0.2) is 5.96 Å². The minimum Gasteiger partial charge on any atom is -0.493 e. The van der Waals surface area contributed by atoms with E-state index in [1.165, 1.54) is 0 Å². The van der Waals surface area contributed by atoms with Gasteiger partial charge in [0, 0.05) is 10.9 Å². The van der Waals surface area contributed by atoms with Crippen LogP contribution in [0.15, 0.2) is 54.6 Å². The third-order valence-corrected chi connectivity index (χ3v) is 4.62. The molecule has 0 radical (unpaired) electrons. The summed E-state index contributed by atoms with van der Waals surface area (Å²) in [5.74, 6) is 1.23. The van der Waals surface area contributed by atoms with Gasteiger partial charge in [0.2, 0.25) is 6.41 Å². The third kappa shape index (κ3) is 5.31. The van der Waals surface area contributed by atoms with Crippen molar-refractivity contribution in [2.75, 3.05) is 11.9 Å². The van der Waals surface area contributed by atoms with Gasteiger partial charge in [-0.3, -0.25) is 15.5 Å². The second kappa shape index (κ2) is 9.68. The average Bonchev–Trinajstić information content (AvgIpc) is 2.73. The minimum atomic E-state index is -0.0932. The zero-order valence-electron chi connectivity index (χ0n) is 16.7. The summed E-state index contributed by atoms with van der Waals surface area (Å²) in [6.45, 7) is 5.06. The van der Waals surface area contributed by atoms with Crippen molar-refractivity contribution in [3.05, 3.63) is 54.6 Å². The molecule has 0 saturated carbocycles. The summed E-state index contributed by atoms with van der Waals surface area (Å²) < 4.78 is 5.97. The maximum absolute atomic E-state index is 10.6. The number of carbonyl (C=O) groups is 1. The first-order chi connectivity index (χ1) is 14.1. The van der Waals surface area contributed by atoms with Crippen LogP contribution >= 0.6 is 0 Å². The molecule has 6 heteroatoms. The highest BCUT2D eigenvalue weighted by atomic mass is 16.5. The molecule has 2 aromatic carbocycles. The maximum atomic E-state index is 10.6. The van der Waals surface area contributed by atoms with Gasteiger partial charge in [-0.15, -0.1) is 0 Å². The lowest BCUT2D eigenvalue weighted by atomic mass is 10.1. The summed E-state index contributed by atoms with van der Waals surface area (Å²) >= 11 is 0. The lowest BCUT2D eigenvalue weighted by Gasteiger charge is -2.14. The highest BCUT2D eigenvalue weighted by molar-refractivity contribution is 6.04. The fourth-order valence-corrected chi connectivity index (χ4v) is 3.22. The van der Waals surface area contributed by atoms with E-state index >= 15 is 0 Å². The van der Waals surface area contributed by atoms with Gasteiger partial charge in [-0.1, -0.05) is 50.6 Å². The molecule has 3 rings (SSSR count). The smallest absolute Gasteiger partial charge is 0.213 e.